The van der Waals surface area contributed by atoms with Crippen LogP contribution in [0.3, 0.4) is 0 Å². The summed E-state index contributed by atoms with van der Waals surface area (Å²) in [6, 6.07) is 3.81. The van der Waals surface area contributed by atoms with Gasteiger partial charge < -0.3 is 29.6 Å². The second kappa shape index (κ2) is 8.76. The van der Waals surface area contributed by atoms with E-state index in [1.807, 2.05) is 0 Å². The summed E-state index contributed by atoms with van der Waals surface area (Å²) in [6.45, 7) is 0.404. The summed E-state index contributed by atoms with van der Waals surface area (Å²) in [5.74, 6) is 0.158. The molecule has 1 heterocycles. The number of amides is 2. The predicted molar refractivity (Wildman–Crippen MR) is 85.0 cm³/mol. The van der Waals surface area contributed by atoms with Gasteiger partial charge >= 0.3 is 18.0 Å². The number of benzene rings is 1. The van der Waals surface area contributed by atoms with Crippen LogP contribution >= 0.6 is 0 Å². The van der Waals surface area contributed by atoms with Gasteiger partial charge in [0, 0.05) is 13.0 Å². The van der Waals surface area contributed by atoms with E-state index in [0.717, 1.165) is 5.56 Å². The van der Waals surface area contributed by atoms with E-state index in [9.17, 15) is 14.4 Å². The van der Waals surface area contributed by atoms with Crippen LogP contribution in [0, 0.1) is 0 Å². The number of urea groups is 1. The van der Waals surface area contributed by atoms with Gasteiger partial charge in [-0.1, -0.05) is 6.07 Å². The highest BCUT2D eigenvalue weighted by molar-refractivity contribution is 5.84. The number of fused-ring (bicyclic) bond motifs is 1. The Labute approximate surface area is 144 Å². The Bertz CT molecular complexity index is 647. The van der Waals surface area contributed by atoms with E-state index in [1.165, 1.54) is 14.2 Å². The SMILES string of the molecule is COC(=O)CC[C@H](NC(=O)NCc1ccc2c(c1)OCO2)C(=O)OC. The van der Waals surface area contributed by atoms with Crippen molar-refractivity contribution in [3.8, 4) is 11.5 Å². The molecule has 1 aliphatic heterocycles. The summed E-state index contributed by atoms with van der Waals surface area (Å²) >= 11 is 0. The number of esters is 2. The van der Waals surface area contributed by atoms with Crippen molar-refractivity contribution in [1.82, 2.24) is 10.6 Å². The average molecular weight is 352 g/mol. The molecule has 25 heavy (non-hydrogen) atoms. The van der Waals surface area contributed by atoms with Gasteiger partial charge in [0.05, 0.1) is 14.2 Å². The molecule has 2 N–H and O–H groups in total. The van der Waals surface area contributed by atoms with Crippen molar-refractivity contribution in [3.05, 3.63) is 23.8 Å². The van der Waals surface area contributed by atoms with E-state index < -0.39 is 24.0 Å². The zero-order chi connectivity index (χ0) is 18.2. The lowest BCUT2D eigenvalue weighted by molar-refractivity contribution is -0.144. The fourth-order valence-corrected chi connectivity index (χ4v) is 2.20. The number of nitrogens with one attached hydrogen (secondary N) is 2. The molecule has 136 valence electrons. The van der Waals surface area contributed by atoms with Gasteiger partial charge in [0.25, 0.3) is 0 Å². The van der Waals surface area contributed by atoms with Crippen LogP contribution in [-0.4, -0.2) is 45.0 Å². The van der Waals surface area contributed by atoms with Crippen molar-refractivity contribution in [2.24, 2.45) is 0 Å². The highest BCUT2D eigenvalue weighted by Gasteiger charge is 2.22. The first-order chi connectivity index (χ1) is 12.0. The van der Waals surface area contributed by atoms with E-state index in [0.29, 0.717) is 11.5 Å². The highest BCUT2D eigenvalue weighted by atomic mass is 16.7. The van der Waals surface area contributed by atoms with Gasteiger partial charge in [0.1, 0.15) is 6.04 Å². The van der Waals surface area contributed by atoms with Crippen molar-refractivity contribution in [2.45, 2.75) is 25.4 Å². The molecule has 0 saturated carbocycles. The van der Waals surface area contributed by atoms with Crippen LogP contribution in [0.1, 0.15) is 18.4 Å². The summed E-state index contributed by atoms with van der Waals surface area (Å²) < 4.78 is 19.6. The number of ether oxygens (including phenoxy) is 4. The number of hydrogen-bond acceptors (Lipinski definition) is 7. The first-order valence-corrected chi connectivity index (χ1v) is 7.61. The Morgan fingerprint density at radius 1 is 1.16 bits per heavy atom. The summed E-state index contributed by atoms with van der Waals surface area (Å²) in [7, 11) is 2.46. The predicted octanol–water partition coefficient (Wildman–Crippen LogP) is 0.709. The third kappa shape index (κ3) is 5.27. The van der Waals surface area contributed by atoms with Gasteiger partial charge in [0.15, 0.2) is 11.5 Å². The summed E-state index contributed by atoms with van der Waals surface area (Å²) in [6.07, 6.45) is 0.0650. The van der Waals surface area contributed by atoms with Gasteiger partial charge in [-0.15, -0.1) is 0 Å². The molecule has 0 unspecified atom stereocenters. The number of carbonyl (C=O) groups excluding carboxylic acids is 3. The first kappa shape index (κ1) is 18.4. The fraction of sp³-hybridized carbons (Fsp3) is 0.438. The maximum absolute atomic E-state index is 12.0. The van der Waals surface area contributed by atoms with Crippen molar-refractivity contribution < 1.29 is 33.3 Å². The van der Waals surface area contributed by atoms with E-state index in [-0.39, 0.29) is 26.2 Å². The molecule has 2 amide bonds. The average Bonchev–Trinajstić information content (AvgIpc) is 3.10. The van der Waals surface area contributed by atoms with Crippen LogP contribution in [0.25, 0.3) is 0 Å². The van der Waals surface area contributed by atoms with Crippen molar-refractivity contribution in [3.63, 3.8) is 0 Å². The van der Waals surface area contributed by atoms with Crippen LogP contribution in [0.5, 0.6) is 11.5 Å². The Hall–Kier alpha value is -2.97. The Kier molecular flexibility index (Phi) is 6.44. The van der Waals surface area contributed by atoms with Gasteiger partial charge in [-0.3, -0.25) is 4.79 Å². The minimum absolute atomic E-state index is 0.0152. The van der Waals surface area contributed by atoms with Crippen molar-refractivity contribution in [2.75, 3.05) is 21.0 Å². The molecule has 0 saturated heterocycles. The maximum atomic E-state index is 12.0. The molecule has 1 aromatic carbocycles. The molecule has 0 aromatic heterocycles. The molecule has 0 radical (unpaired) electrons. The lowest BCUT2D eigenvalue weighted by atomic mass is 10.1. The van der Waals surface area contributed by atoms with Crippen LogP contribution in [0.2, 0.25) is 0 Å². The standard InChI is InChI=1S/C16H20N2O7/c1-22-14(19)6-4-11(15(20)23-2)18-16(21)17-8-10-3-5-12-13(7-10)25-9-24-12/h3,5,7,11H,4,6,8-9H2,1-2H3,(H2,17,18,21)/t11-/m0/s1. The number of rotatable bonds is 7. The zero-order valence-electron chi connectivity index (χ0n) is 14.0. The molecule has 0 bridgehead atoms. The minimum Gasteiger partial charge on any atom is -0.469 e. The molecule has 0 aliphatic carbocycles. The first-order valence-electron chi connectivity index (χ1n) is 7.61. The molecule has 2 rings (SSSR count). The molecule has 0 fully saturated rings. The fourth-order valence-electron chi connectivity index (χ4n) is 2.20. The van der Waals surface area contributed by atoms with Crippen LogP contribution in [0.4, 0.5) is 4.79 Å². The minimum atomic E-state index is -0.944. The molecule has 0 spiro atoms. The van der Waals surface area contributed by atoms with Gasteiger partial charge in [-0.25, -0.2) is 9.59 Å². The number of methoxy groups -OCH3 is 2. The quantitative estimate of drug-likeness (QED) is 0.695. The third-order valence-corrected chi connectivity index (χ3v) is 3.55. The van der Waals surface area contributed by atoms with E-state index in [1.54, 1.807) is 18.2 Å². The number of hydrogen-bond donors (Lipinski definition) is 2. The van der Waals surface area contributed by atoms with Gasteiger partial charge in [-0.2, -0.15) is 0 Å². The molecule has 1 aromatic rings. The van der Waals surface area contributed by atoms with Crippen LogP contribution in [0.15, 0.2) is 18.2 Å². The van der Waals surface area contributed by atoms with Crippen LogP contribution < -0.4 is 20.1 Å². The largest absolute Gasteiger partial charge is 0.469 e. The highest BCUT2D eigenvalue weighted by Crippen LogP contribution is 2.32. The van der Waals surface area contributed by atoms with E-state index >= 15 is 0 Å². The van der Waals surface area contributed by atoms with Crippen LogP contribution in [-0.2, 0) is 25.6 Å². The summed E-state index contributed by atoms with van der Waals surface area (Å²) in [5, 5.41) is 5.11. The molecule has 1 aliphatic rings. The molecule has 9 heteroatoms. The second-order valence-corrected chi connectivity index (χ2v) is 5.21. The van der Waals surface area contributed by atoms with E-state index in [4.69, 9.17) is 9.47 Å². The maximum Gasteiger partial charge on any atom is 0.328 e. The Morgan fingerprint density at radius 2 is 1.92 bits per heavy atom. The molecular weight excluding hydrogens is 332 g/mol. The van der Waals surface area contributed by atoms with E-state index in [2.05, 4.69) is 20.1 Å². The lowest BCUT2D eigenvalue weighted by Crippen LogP contribution is -2.46. The Balaban J connectivity index is 1.85. The molecule has 9 nitrogen and oxygen atoms in total. The Morgan fingerprint density at radius 3 is 2.64 bits per heavy atom. The zero-order valence-corrected chi connectivity index (χ0v) is 14.0. The summed E-state index contributed by atoms with van der Waals surface area (Å²) in [4.78, 5) is 34.9. The van der Waals surface area contributed by atoms with Crippen molar-refractivity contribution in [1.29, 1.82) is 0 Å². The van der Waals surface area contributed by atoms with Gasteiger partial charge in [0.2, 0.25) is 6.79 Å². The normalized spacial score (nSPS) is 12.9. The topological polar surface area (TPSA) is 112 Å². The van der Waals surface area contributed by atoms with Gasteiger partial charge in [-0.05, 0) is 24.1 Å². The monoisotopic (exact) mass is 352 g/mol. The summed E-state index contributed by atoms with van der Waals surface area (Å²) in [5.41, 5.74) is 0.809. The smallest absolute Gasteiger partial charge is 0.328 e. The van der Waals surface area contributed by atoms with Crippen molar-refractivity contribution >= 4 is 18.0 Å². The lowest BCUT2D eigenvalue weighted by Gasteiger charge is -2.16. The number of carbonyl (C=O) groups is 3. The molecule has 1 atom stereocenters. The molecular formula is C16H20N2O7. The second-order valence-electron chi connectivity index (χ2n) is 5.21. The third-order valence-electron chi connectivity index (χ3n) is 3.55.